The molecule has 0 saturated carbocycles. The number of ether oxygens (including phenoxy) is 2. The van der Waals surface area contributed by atoms with E-state index >= 15 is 0 Å². The second kappa shape index (κ2) is 12.3. The van der Waals surface area contributed by atoms with Gasteiger partial charge >= 0.3 is 12.1 Å². The molecule has 0 N–H and O–H groups in total. The molecule has 10 nitrogen and oxygen atoms in total. The molecule has 3 aromatic rings. The van der Waals surface area contributed by atoms with Crippen LogP contribution >= 0.6 is 11.6 Å². The number of nitriles is 1. The van der Waals surface area contributed by atoms with Crippen LogP contribution in [0, 0.1) is 11.3 Å². The zero-order valence-corrected chi connectivity index (χ0v) is 28.6. The lowest BCUT2D eigenvalue weighted by molar-refractivity contribution is -0.00566. The zero-order chi connectivity index (χ0) is 32.9. The predicted molar refractivity (Wildman–Crippen MR) is 183 cm³/mol. The van der Waals surface area contributed by atoms with Crippen LogP contribution in [0.2, 0.25) is 5.02 Å². The van der Waals surface area contributed by atoms with E-state index in [0.29, 0.717) is 38.3 Å². The lowest BCUT2D eigenvalue weighted by Crippen LogP contribution is -2.64. The molecule has 3 saturated heterocycles. The molecule has 248 valence electrons. The quantitative estimate of drug-likeness (QED) is 0.307. The van der Waals surface area contributed by atoms with Gasteiger partial charge in [0.1, 0.15) is 18.0 Å². The molecule has 1 aromatic heterocycles. The standard InChI is InChI=1S/C36H44ClN7O3/c1-35(2,3)47-34(45)44-25-13-15-36(44,16-17-38)23-43(20-25)32-27-14-19-42(30-12-6-9-24-8-5-11-28(37)31(24)30)21-29(27)39-33(40-32)46-22-26-10-7-18-41(26)4/h5-6,8-9,11-12,25-26H,7,10,13-16,18-23H2,1-4H3/t25?,26-,36?/m0/s1. The van der Waals surface area contributed by atoms with Crippen molar-refractivity contribution in [3.8, 4) is 12.1 Å². The van der Waals surface area contributed by atoms with Gasteiger partial charge in [-0.15, -0.1) is 0 Å². The zero-order valence-electron chi connectivity index (χ0n) is 27.8. The van der Waals surface area contributed by atoms with Crippen molar-refractivity contribution in [2.75, 3.05) is 49.6 Å². The fourth-order valence-electron chi connectivity index (χ4n) is 8.09. The number of hydrogen-bond acceptors (Lipinski definition) is 9. The summed E-state index contributed by atoms with van der Waals surface area (Å²) < 4.78 is 12.2. The SMILES string of the molecule is CN1CCC[C@H]1COc1nc2c(c(N3CC4CCC(CC#N)(C3)N4C(=O)OC(C)(C)C)n1)CCN(c1cccc3cccc(Cl)c13)C2. The molecule has 0 spiro atoms. The Labute approximate surface area is 282 Å². The minimum atomic E-state index is -0.647. The Morgan fingerprint density at radius 1 is 1.13 bits per heavy atom. The minimum Gasteiger partial charge on any atom is -0.462 e. The van der Waals surface area contributed by atoms with E-state index in [1.807, 2.05) is 37.8 Å². The summed E-state index contributed by atoms with van der Waals surface area (Å²) in [6, 6.07) is 15.4. The van der Waals surface area contributed by atoms with E-state index in [9.17, 15) is 10.1 Å². The van der Waals surface area contributed by atoms with Crippen molar-refractivity contribution in [3.63, 3.8) is 0 Å². The first-order valence-corrected chi connectivity index (χ1v) is 17.2. The molecule has 2 aromatic carbocycles. The molecule has 1 amide bonds. The van der Waals surface area contributed by atoms with E-state index in [4.69, 9.17) is 31.0 Å². The third-order valence-corrected chi connectivity index (χ3v) is 10.6. The largest absolute Gasteiger partial charge is 0.462 e. The number of rotatable bonds is 6. The van der Waals surface area contributed by atoms with Crippen molar-refractivity contribution >= 4 is 40.0 Å². The molecule has 4 aliphatic rings. The summed E-state index contributed by atoms with van der Waals surface area (Å²) in [4.78, 5) is 32.5. The van der Waals surface area contributed by atoms with Crippen molar-refractivity contribution in [1.82, 2.24) is 19.8 Å². The number of carbonyl (C=O) groups excluding carboxylic acids is 1. The summed E-state index contributed by atoms with van der Waals surface area (Å²) in [5, 5.41) is 12.9. The number of fused-ring (bicyclic) bond motifs is 4. The van der Waals surface area contributed by atoms with Gasteiger partial charge in [0.2, 0.25) is 0 Å². The van der Waals surface area contributed by atoms with Crippen molar-refractivity contribution < 1.29 is 14.3 Å². The number of aromatic nitrogens is 2. The van der Waals surface area contributed by atoms with Crippen LogP contribution in [0.3, 0.4) is 0 Å². The monoisotopic (exact) mass is 657 g/mol. The van der Waals surface area contributed by atoms with E-state index in [2.05, 4.69) is 52.1 Å². The third kappa shape index (κ3) is 6.04. The number of halogens is 1. The number of hydrogen-bond donors (Lipinski definition) is 0. The van der Waals surface area contributed by atoms with Crippen molar-refractivity contribution in [2.24, 2.45) is 0 Å². The Morgan fingerprint density at radius 3 is 2.68 bits per heavy atom. The lowest BCUT2D eigenvalue weighted by Gasteiger charge is -2.49. The number of nitrogens with zero attached hydrogens (tertiary/aromatic N) is 7. The van der Waals surface area contributed by atoms with Gasteiger partial charge in [0.25, 0.3) is 0 Å². The topological polar surface area (TPSA) is 98.1 Å². The average Bonchev–Trinajstić information content (AvgIpc) is 3.55. The Balaban J connectivity index is 1.24. The van der Waals surface area contributed by atoms with Crippen LogP contribution in [0.5, 0.6) is 6.01 Å². The minimum absolute atomic E-state index is 0.0769. The van der Waals surface area contributed by atoms with Gasteiger partial charge in [-0.1, -0.05) is 35.9 Å². The second-order valence-electron chi connectivity index (χ2n) is 14.6. The highest BCUT2D eigenvalue weighted by Gasteiger charge is 2.55. The van der Waals surface area contributed by atoms with Crippen molar-refractivity contribution in [2.45, 2.75) is 89.1 Å². The molecule has 47 heavy (non-hydrogen) atoms. The second-order valence-corrected chi connectivity index (χ2v) is 15.0. The summed E-state index contributed by atoms with van der Waals surface area (Å²) in [6.45, 7) is 9.75. The van der Waals surface area contributed by atoms with Crippen LogP contribution in [0.4, 0.5) is 16.3 Å². The Bertz CT molecular complexity index is 1720. The van der Waals surface area contributed by atoms with Crippen LogP contribution in [0.1, 0.15) is 64.1 Å². The number of benzene rings is 2. The molecule has 7 rings (SSSR count). The number of carbonyl (C=O) groups is 1. The molecule has 0 radical (unpaired) electrons. The highest BCUT2D eigenvalue weighted by molar-refractivity contribution is 6.36. The van der Waals surface area contributed by atoms with Gasteiger partial charge in [-0.25, -0.2) is 4.79 Å². The molecule has 5 heterocycles. The van der Waals surface area contributed by atoms with Gasteiger partial charge < -0.3 is 24.2 Å². The molecule has 2 bridgehead atoms. The average molecular weight is 658 g/mol. The van der Waals surface area contributed by atoms with E-state index < -0.39 is 11.1 Å². The molecule has 11 heteroatoms. The molecule has 3 fully saturated rings. The number of likely N-dealkylation sites (N-methyl/N-ethyl adjacent to an activating group) is 1. The fourth-order valence-corrected chi connectivity index (χ4v) is 8.37. The molecule has 4 aliphatic heterocycles. The van der Waals surface area contributed by atoms with Crippen LogP contribution in [0.25, 0.3) is 10.8 Å². The first kappa shape index (κ1) is 31.8. The maximum absolute atomic E-state index is 13.5. The number of likely N-dealkylation sites (tertiary alicyclic amines) is 1. The van der Waals surface area contributed by atoms with E-state index in [0.717, 1.165) is 83.8 Å². The summed E-state index contributed by atoms with van der Waals surface area (Å²) in [5.74, 6) is 0.860. The molecular formula is C36H44ClN7O3. The Morgan fingerprint density at radius 2 is 1.94 bits per heavy atom. The van der Waals surface area contributed by atoms with Gasteiger partial charge in [-0.3, -0.25) is 4.90 Å². The first-order chi connectivity index (χ1) is 22.5. The number of amides is 1. The molecule has 2 unspecified atom stereocenters. The molecular weight excluding hydrogens is 614 g/mol. The van der Waals surface area contributed by atoms with E-state index in [1.54, 1.807) is 0 Å². The maximum atomic E-state index is 13.5. The predicted octanol–water partition coefficient (Wildman–Crippen LogP) is 6.19. The third-order valence-electron chi connectivity index (χ3n) is 10.3. The van der Waals surface area contributed by atoms with Crippen molar-refractivity contribution in [3.05, 3.63) is 52.7 Å². The maximum Gasteiger partial charge on any atom is 0.411 e. The van der Waals surface area contributed by atoms with Gasteiger partial charge in [-0.05, 0) is 84.0 Å². The van der Waals surface area contributed by atoms with E-state index in [-0.39, 0.29) is 18.6 Å². The molecule has 3 atom stereocenters. The van der Waals surface area contributed by atoms with Crippen molar-refractivity contribution in [1.29, 1.82) is 5.26 Å². The van der Waals surface area contributed by atoms with Gasteiger partial charge in [0.15, 0.2) is 0 Å². The summed E-state index contributed by atoms with van der Waals surface area (Å²) >= 11 is 6.75. The smallest absolute Gasteiger partial charge is 0.411 e. The summed E-state index contributed by atoms with van der Waals surface area (Å²) in [6.07, 6.45) is 4.47. The lowest BCUT2D eigenvalue weighted by atomic mass is 9.91. The van der Waals surface area contributed by atoms with Gasteiger partial charge in [-0.2, -0.15) is 15.2 Å². The first-order valence-electron chi connectivity index (χ1n) is 16.8. The van der Waals surface area contributed by atoms with Crippen LogP contribution < -0.4 is 14.5 Å². The van der Waals surface area contributed by atoms with Gasteiger partial charge in [0, 0.05) is 42.3 Å². The Kier molecular flexibility index (Phi) is 8.34. The normalized spacial score (nSPS) is 24.4. The fraction of sp³-hybridized carbons (Fsp3) is 0.556. The van der Waals surface area contributed by atoms with Gasteiger partial charge in [0.05, 0.1) is 41.3 Å². The summed E-state index contributed by atoms with van der Waals surface area (Å²) in [7, 11) is 2.14. The highest BCUT2D eigenvalue weighted by atomic mass is 35.5. The number of anilines is 2. The summed E-state index contributed by atoms with van der Waals surface area (Å²) in [5.41, 5.74) is 1.87. The van der Waals surface area contributed by atoms with Crippen LogP contribution in [0.15, 0.2) is 36.4 Å². The van der Waals surface area contributed by atoms with E-state index in [1.165, 1.54) is 0 Å². The van der Waals surface area contributed by atoms with Crippen LogP contribution in [-0.2, 0) is 17.7 Å². The van der Waals surface area contributed by atoms with Crippen LogP contribution in [-0.4, -0.2) is 88.9 Å². The Hall–Kier alpha value is -3.81. The molecule has 0 aliphatic carbocycles. The number of piperazine rings is 1. The highest BCUT2D eigenvalue weighted by Crippen LogP contribution is 2.45.